The Morgan fingerprint density at radius 1 is 1.38 bits per heavy atom. The van der Waals surface area contributed by atoms with Crippen LogP contribution in [0.2, 0.25) is 0 Å². The molecule has 1 fully saturated rings. The van der Waals surface area contributed by atoms with Gasteiger partial charge in [-0.1, -0.05) is 24.3 Å². The Morgan fingerprint density at radius 2 is 2.14 bits per heavy atom. The van der Waals surface area contributed by atoms with E-state index >= 15 is 0 Å². The standard InChI is InChI=1S/C16H24N2O3/c1-12-4-2-3-5-14(12)15(19)10-18-16(20)17-8-9-21-11-13-6-7-13/h2-5,13,15,19H,6-11H2,1H3,(H2,17,18,20). The van der Waals surface area contributed by atoms with Gasteiger partial charge in [-0.05, 0) is 36.8 Å². The molecule has 0 bridgehead atoms. The predicted molar refractivity (Wildman–Crippen MR) is 81.1 cm³/mol. The van der Waals surface area contributed by atoms with E-state index in [9.17, 15) is 9.90 Å². The molecule has 0 radical (unpaired) electrons. The number of rotatable bonds is 8. The third-order valence-corrected chi connectivity index (χ3v) is 3.59. The van der Waals surface area contributed by atoms with Gasteiger partial charge in [0.15, 0.2) is 0 Å². The fourth-order valence-electron chi connectivity index (χ4n) is 2.09. The SMILES string of the molecule is Cc1ccccc1C(O)CNC(=O)NCCOCC1CC1. The fourth-order valence-corrected chi connectivity index (χ4v) is 2.09. The van der Waals surface area contributed by atoms with Gasteiger partial charge in [0.25, 0.3) is 0 Å². The Balaban J connectivity index is 1.58. The van der Waals surface area contributed by atoms with Crippen LogP contribution in [0.3, 0.4) is 0 Å². The van der Waals surface area contributed by atoms with Crippen LogP contribution in [0.5, 0.6) is 0 Å². The summed E-state index contributed by atoms with van der Waals surface area (Å²) in [6, 6.07) is 7.33. The van der Waals surface area contributed by atoms with Crippen molar-refractivity contribution in [3.63, 3.8) is 0 Å². The molecule has 1 aliphatic carbocycles. The van der Waals surface area contributed by atoms with E-state index in [1.165, 1.54) is 12.8 Å². The molecular formula is C16H24N2O3. The lowest BCUT2D eigenvalue weighted by Crippen LogP contribution is -2.39. The number of aliphatic hydroxyl groups is 1. The first-order valence-electron chi connectivity index (χ1n) is 7.50. The normalized spacial score (nSPS) is 15.5. The van der Waals surface area contributed by atoms with E-state index in [1.54, 1.807) is 0 Å². The quantitative estimate of drug-likeness (QED) is 0.639. The summed E-state index contributed by atoms with van der Waals surface area (Å²) >= 11 is 0. The Hall–Kier alpha value is -1.59. The van der Waals surface area contributed by atoms with Crippen molar-refractivity contribution in [2.45, 2.75) is 25.9 Å². The van der Waals surface area contributed by atoms with Crippen molar-refractivity contribution in [1.29, 1.82) is 0 Å². The van der Waals surface area contributed by atoms with Crippen LogP contribution in [-0.4, -0.2) is 37.4 Å². The topological polar surface area (TPSA) is 70.6 Å². The minimum Gasteiger partial charge on any atom is -0.387 e. The van der Waals surface area contributed by atoms with E-state index in [1.807, 2.05) is 31.2 Å². The van der Waals surface area contributed by atoms with Crippen molar-refractivity contribution in [2.24, 2.45) is 5.92 Å². The number of hydrogen-bond acceptors (Lipinski definition) is 3. The Bertz CT molecular complexity index is 461. The van der Waals surface area contributed by atoms with Gasteiger partial charge in [-0.15, -0.1) is 0 Å². The van der Waals surface area contributed by atoms with Crippen molar-refractivity contribution in [3.05, 3.63) is 35.4 Å². The Morgan fingerprint density at radius 3 is 2.86 bits per heavy atom. The largest absolute Gasteiger partial charge is 0.387 e. The van der Waals surface area contributed by atoms with Gasteiger partial charge in [0.2, 0.25) is 0 Å². The van der Waals surface area contributed by atoms with Gasteiger partial charge < -0.3 is 20.5 Å². The van der Waals surface area contributed by atoms with Gasteiger partial charge in [-0.2, -0.15) is 0 Å². The average Bonchev–Trinajstić information content (AvgIpc) is 3.29. The molecule has 21 heavy (non-hydrogen) atoms. The van der Waals surface area contributed by atoms with E-state index in [0.717, 1.165) is 23.7 Å². The second-order valence-electron chi connectivity index (χ2n) is 5.53. The summed E-state index contributed by atoms with van der Waals surface area (Å²) < 4.78 is 5.43. The van der Waals surface area contributed by atoms with Gasteiger partial charge >= 0.3 is 6.03 Å². The lowest BCUT2D eigenvalue weighted by Gasteiger charge is -2.15. The summed E-state index contributed by atoms with van der Waals surface area (Å²) in [6.45, 7) is 3.95. The number of carbonyl (C=O) groups excluding carboxylic acids is 1. The molecule has 2 rings (SSSR count). The highest BCUT2D eigenvalue weighted by Crippen LogP contribution is 2.28. The van der Waals surface area contributed by atoms with Crippen LogP contribution in [-0.2, 0) is 4.74 Å². The monoisotopic (exact) mass is 292 g/mol. The van der Waals surface area contributed by atoms with Crippen molar-refractivity contribution < 1.29 is 14.6 Å². The molecule has 0 aromatic heterocycles. The molecule has 116 valence electrons. The first-order chi connectivity index (χ1) is 10.2. The lowest BCUT2D eigenvalue weighted by molar-refractivity contribution is 0.126. The van der Waals surface area contributed by atoms with Crippen LogP contribution < -0.4 is 10.6 Å². The molecule has 0 heterocycles. The summed E-state index contributed by atoms with van der Waals surface area (Å²) in [6.07, 6.45) is 1.85. The minimum atomic E-state index is -0.692. The second-order valence-corrected chi connectivity index (χ2v) is 5.53. The van der Waals surface area contributed by atoms with Crippen LogP contribution in [0.4, 0.5) is 4.79 Å². The fraction of sp³-hybridized carbons (Fsp3) is 0.562. The average molecular weight is 292 g/mol. The van der Waals surface area contributed by atoms with Crippen LogP contribution in [0, 0.1) is 12.8 Å². The lowest BCUT2D eigenvalue weighted by atomic mass is 10.0. The van der Waals surface area contributed by atoms with E-state index in [0.29, 0.717) is 13.2 Å². The number of amides is 2. The summed E-state index contributed by atoms with van der Waals surface area (Å²) in [7, 11) is 0. The Kier molecular flexibility index (Phi) is 6.02. The van der Waals surface area contributed by atoms with Crippen molar-refractivity contribution in [1.82, 2.24) is 10.6 Å². The van der Waals surface area contributed by atoms with Crippen LogP contribution in [0.25, 0.3) is 0 Å². The van der Waals surface area contributed by atoms with Gasteiger partial charge in [-0.25, -0.2) is 4.79 Å². The molecule has 5 nitrogen and oxygen atoms in total. The number of ether oxygens (including phenoxy) is 1. The van der Waals surface area contributed by atoms with Crippen molar-refractivity contribution >= 4 is 6.03 Å². The summed E-state index contributed by atoms with van der Waals surface area (Å²) in [5.74, 6) is 0.739. The predicted octanol–water partition coefficient (Wildman–Crippen LogP) is 1.75. The van der Waals surface area contributed by atoms with Crippen LogP contribution in [0.1, 0.15) is 30.1 Å². The zero-order valence-corrected chi connectivity index (χ0v) is 12.5. The highest BCUT2D eigenvalue weighted by Gasteiger charge is 2.20. The Labute approximate surface area is 125 Å². The molecule has 1 aliphatic rings. The molecule has 2 amide bonds. The summed E-state index contributed by atoms with van der Waals surface area (Å²) in [5.41, 5.74) is 1.85. The number of hydrogen-bond donors (Lipinski definition) is 3. The second kappa shape index (κ2) is 8.00. The summed E-state index contributed by atoms with van der Waals surface area (Å²) in [4.78, 5) is 11.6. The molecular weight excluding hydrogens is 268 g/mol. The molecule has 3 N–H and O–H groups in total. The van der Waals surface area contributed by atoms with Crippen molar-refractivity contribution in [3.8, 4) is 0 Å². The molecule has 1 saturated carbocycles. The van der Waals surface area contributed by atoms with E-state index < -0.39 is 6.10 Å². The molecule has 1 aromatic carbocycles. The molecule has 1 unspecified atom stereocenters. The number of nitrogens with one attached hydrogen (secondary N) is 2. The molecule has 5 heteroatoms. The highest BCUT2D eigenvalue weighted by molar-refractivity contribution is 5.73. The molecule has 0 spiro atoms. The first kappa shape index (κ1) is 15.8. The van der Waals surface area contributed by atoms with Gasteiger partial charge in [0.05, 0.1) is 12.7 Å². The third-order valence-electron chi connectivity index (χ3n) is 3.59. The number of urea groups is 1. The van der Waals surface area contributed by atoms with E-state index in [2.05, 4.69) is 10.6 Å². The maximum atomic E-state index is 11.6. The van der Waals surface area contributed by atoms with Crippen molar-refractivity contribution in [2.75, 3.05) is 26.3 Å². The molecule has 0 aliphatic heterocycles. The maximum Gasteiger partial charge on any atom is 0.314 e. The van der Waals surface area contributed by atoms with Crippen LogP contribution >= 0.6 is 0 Å². The smallest absolute Gasteiger partial charge is 0.314 e. The van der Waals surface area contributed by atoms with E-state index in [-0.39, 0.29) is 12.6 Å². The molecule has 0 saturated heterocycles. The highest BCUT2D eigenvalue weighted by atomic mass is 16.5. The number of aliphatic hydroxyl groups excluding tert-OH is 1. The number of carbonyl (C=O) groups is 1. The maximum absolute atomic E-state index is 11.6. The molecule has 1 atom stereocenters. The molecule has 1 aromatic rings. The van der Waals surface area contributed by atoms with Gasteiger partial charge in [0.1, 0.15) is 0 Å². The summed E-state index contributed by atoms with van der Waals surface area (Å²) in [5, 5.41) is 15.4. The van der Waals surface area contributed by atoms with Gasteiger partial charge in [-0.3, -0.25) is 0 Å². The number of benzene rings is 1. The zero-order chi connectivity index (χ0) is 15.1. The minimum absolute atomic E-state index is 0.194. The van der Waals surface area contributed by atoms with Crippen LogP contribution in [0.15, 0.2) is 24.3 Å². The van der Waals surface area contributed by atoms with Gasteiger partial charge in [0, 0.05) is 19.7 Å². The number of aryl methyl sites for hydroxylation is 1. The zero-order valence-electron chi connectivity index (χ0n) is 12.5. The first-order valence-corrected chi connectivity index (χ1v) is 7.50. The van der Waals surface area contributed by atoms with E-state index in [4.69, 9.17) is 4.74 Å². The third kappa shape index (κ3) is 5.73.